The number of esters is 2. The molecule has 1 rings (SSSR count). The van der Waals surface area contributed by atoms with Crippen LogP contribution < -0.4 is 0 Å². The quantitative estimate of drug-likeness (QED) is 0.752. The van der Waals surface area contributed by atoms with Crippen LogP contribution in [0.3, 0.4) is 0 Å². The van der Waals surface area contributed by atoms with Crippen LogP contribution in [0.5, 0.6) is 0 Å². The summed E-state index contributed by atoms with van der Waals surface area (Å²) in [4.78, 5) is 23.0. The van der Waals surface area contributed by atoms with Crippen LogP contribution in [0.25, 0.3) is 0 Å². The largest absolute Gasteiger partial charge is 0.462 e. The first-order valence-electron chi connectivity index (χ1n) is 5.09. The molecule has 0 saturated carbocycles. The van der Waals surface area contributed by atoms with Crippen molar-refractivity contribution < 1.29 is 28.7 Å². The third-order valence-electron chi connectivity index (χ3n) is 1.85. The second-order valence-electron chi connectivity index (χ2n) is 2.93. The second kappa shape index (κ2) is 6.00. The zero-order valence-electron chi connectivity index (χ0n) is 9.56. The molecular formula is C10H13NO6. The standard InChI is InChI=1S/C10H13NO6/c1-3-15-9(13)7-6(5-12)11-17-8(7)10(14)16-4-2/h12H,3-5H2,1-2H3. The molecule has 0 atom stereocenters. The fraction of sp³-hybridized carbons (Fsp3) is 0.500. The number of nitrogens with zero attached hydrogens (tertiary/aromatic N) is 1. The van der Waals surface area contributed by atoms with Crippen LogP contribution in [-0.4, -0.2) is 35.4 Å². The van der Waals surface area contributed by atoms with Crippen molar-refractivity contribution in [2.45, 2.75) is 20.5 Å². The third-order valence-corrected chi connectivity index (χ3v) is 1.85. The average Bonchev–Trinajstić information content (AvgIpc) is 2.73. The van der Waals surface area contributed by atoms with Gasteiger partial charge in [0.15, 0.2) is 0 Å². The maximum Gasteiger partial charge on any atom is 0.378 e. The lowest BCUT2D eigenvalue weighted by molar-refractivity contribution is 0.0444. The lowest BCUT2D eigenvalue weighted by Crippen LogP contribution is -2.13. The van der Waals surface area contributed by atoms with Crippen molar-refractivity contribution in [1.82, 2.24) is 5.16 Å². The van der Waals surface area contributed by atoms with E-state index in [-0.39, 0.29) is 30.2 Å². The predicted octanol–water partition coefficient (Wildman–Crippen LogP) is 0.520. The molecule has 1 N–H and O–H groups in total. The van der Waals surface area contributed by atoms with Gasteiger partial charge in [-0.15, -0.1) is 0 Å². The van der Waals surface area contributed by atoms with Crippen LogP contribution in [0.2, 0.25) is 0 Å². The van der Waals surface area contributed by atoms with Crippen molar-refractivity contribution in [2.24, 2.45) is 0 Å². The van der Waals surface area contributed by atoms with Crippen LogP contribution in [0.15, 0.2) is 4.52 Å². The molecule has 7 nitrogen and oxygen atoms in total. The van der Waals surface area contributed by atoms with E-state index in [2.05, 4.69) is 9.68 Å². The predicted molar refractivity (Wildman–Crippen MR) is 54.3 cm³/mol. The highest BCUT2D eigenvalue weighted by Gasteiger charge is 2.29. The first-order chi connectivity index (χ1) is 8.15. The molecule has 0 fully saturated rings. The van der Waals surface area contributed by atoms with Crippen LogP contribution >= 0.6 is 0 Å². The average molecular weight is 243 g/mol. The molecule has 0 unspecified atom stereocenters. The molecule has 0 amide bonds. The normalized spacial score (nSPS) is 10.1. The monoisotopic (exact) mass is 243 g/mol. The van der Waals surface area contributed by atoms with Gasteiger partial charge in [-0.25, -0.2) is 9.59 Å². The van der Waals surface area contributed by atoms with E-state index in [0.29, 0.717) is 0 Å². The lowest BCUT2D eigenvalue weighted by Gasteiger charge is -2.02. The van der Waals surface area contributed by atoms with Gasteiger partial charge in [-0.2, -0.15) is 0 Å². The van der Waals surface area contributed by atoms with Crippen molar-refractivity contribution in [1.29, 1.82) is 0 Å². The van der Waals surface area contributed by atoms with E-state index in [1.54, 1.807) is 13.8 Å². The fourth-order valence-corrected chi connectivity index (χ4v) is 1.18. The number of aliphatic hydroxyl groups is 1. The summed E-state index contributed by atoms with van der Waals surface area (Å²) in [6, 6.07) is 0. The minimum atomic E-state index is -0.817. The molecule has 17 heavy (non-hydrogen) atoms. The van der Waals surface area contributed by atoms with Gasteiger partial charge >= 0.3 is 11.9 Å². The van der Waals surface area contributed by atoms with Gasteiger partial charge in [0.2, 0.25) is 0 Å². The Bertz CT molecular complexity index is 411. The summed E-state index contributed by atoms with van der Waals surface area (Å²) in [5.74, 6) is -1.95. The van der Waals surface area contributed by atoms with Gasteiger partial charge in [0, 0.05) is 0 Å². The number of ether oxygens (including phenoxy) is 2. The molecule has 0 aromatic carbocycles. The molecule has 0 bridgehead atoms. The summed E-state index contributed by atoms with van der Waals surface area (Å²) < 4.78 is 14.1. The maximum absolute atomic E-state index is 11.6. The Balaban J connectivity index is 3.09. The first kappa shape index (κ1) is 13.2. The number of carbonyl (C=O) groups is 2. The van der Waals surface area contributed by atoms with Crippen LogP contribution in [0.4, 0.5) is 0 Å². The molecular weight excluding hydrogens is 230 g/mol. The van der Waals surface area contributed by atoms with E-state index >= 15 is 0 Å². The van der Waals surface area contributed by atoms with E-state index in [4.69, 9.17) is 14.6 Å². The van der Waals surface area contributed by atoms with Crippen molar-refractivity contribution in [3.05, 3.63) is 17.0 Å². The maximum atomic E-state index is 11.6. The molecule has 0 aliphatic carbocycles. The van der Waals surface area contributed by atoms with Gasteiger partial charge in [0.25, 0.3) is 5.76 Å². The Morgan fingerprint density at radius 3 is 2.35 bits per heavy atom. The van der Waals surface area contributed by atoms with Crippen molar-refractivity contribution in [3.63, 3.8) is 0 Å². The second-order valence-corrected chi connectivity index (χ2v) is 2.93. The number of hydrogen-bond donors (Lipinski definition) is 1. The molecule has 0 aliphatic rings. The Morgan fingerprint density at radius 1 is 1.24 bits per heavy atom. The molecule has 1 aromatic heterocycles. The van der Waals surface area contributed by atoms with E-state index in [1.807, 2.05) is 0 Å². The minimum Gasteiger partial charge on any atom is -0.462 e. The molecule has 0 radical (unpaired) electrons. The number of hydrogen-bond acceptors (Lipinski definition) is 7. The zero-order chi connectivity index (χ0) is 12.8. The number of rotatable bonds is 5. The highest BCUT2D eigenvalue weighted by Crippen LogP contribution is 2.17. The molecule has 0 saturated heterocycles. The molecule has 94 valence electrons. The summed E-state index contributed by atoms with van der Waals surface area (Å²) in [5, 5.41) is 12.4. The number of aliphatic hydroxyl groups excluding tert-OH is 1. The van der Waals surface area contributed by atoms with E-state index in [0.717, 1.165) is 0 Å². The first-order valence-corrected chi connectivity index (χ1v) is 5.09. The SMILES string of the molecule is CCOC(=O)c1onc(CO)c1C(=O)OCC. The van der Waals surface area contributed by atoms with E-state index in [1.165, 1.54) is 0 Å². The van der Waals surface area contributed by atoms with Gasteiger partial charge in [-0.3, -0.25) is 0 Å². The highest BCUT2D eigenvalue weighted by molar-refractivity contribution is 6.01. The third kappa shape index (κ3) is 2.82. The molecule has 0 spiro atoms. The van der Waals surface area contributed by atoms with Gasteiger partial charge in [0.05, 0.1) is 19.8 Å². The van der Waals surface area contributed by atoms with E-state index < -0.39 is 18.5 Å². The Labute approximate surface area is 97.3 Å². The van der Waals surface area contributed by atoms with Crippen molar-refractivity contribution >= 4 is 11.9 Å². The molecule has 0 aliphatic heterocycles. The fourth-order valence-electron chi connectivity index (χ4n) is 1.18. The molecule has 1 heterocycles. The van der Waals surface area contributed by atoms with Crippen LogP contribution in [-0.2, 0) is 16.1 Å². The van der Waals surface area contributed by atoms with Crippen LogP contribution in [0.1, 0.15) is 40.5 Å². The number of aromatic nitrogens is 1. The Morgan fingerprint density at radius 2 is 1.82 bits per heavy atom. The summed E-state index contributed by atoms with van der Waals surface area (Å²) in [6.07, 6.45) is 0. The topological polar surface area (TPSA) is 98.9 Å². The molecule has 7 heteroatoms. The summed E-state index contributed by atoms with van der Waals surface area (Å²) in [5.41, 5.74) is -0.237. The Hall–Kier alpha value is -1.89. The summed E-state index contributed by atoms with van der Waals surface area (Å²) >= 11 is 0. The van der Waals surface area contributed by atoms with Gasteiger partial charge in [-0.1, -0.05) is 5.16 Å². The van der Waals surface area contributed by atoms with Crippen molar-refractivity contribution in [3.8, 4) is 0 Å². The lowest BCUT2D eigenvalue weighted by atomic mass is 10.2. The Kier molecular flexibility index (Phi) is 4.65. The number of carbonyl (C=O) groups excluding carboxylic acids is 2. The van der Waals surface area contributed by atoms with E-state index in [9.17, 15) is 9.59 Å². The zero-order valence-corrected chi connectivity index (χ0v) is 9.56. The van der Waals surface area contributed by atoms with Gasteiger partial charge in [-0.05, 0) is 13.8 Å². The molecule has 1 aromatic rings. The van der Waals surface area contributed by atoms with Crippen LogP contribution in [0, 0.1) is 0 Å². The highest BCUT2D eigenvalue weighted by atomic mass is 16.6. The summed E-state index contributed by atoms with van der Waals surface area (Å²) in [6.45, 7) is 2.98. The van der Waals surface area contributed by atoms with Crippen molar-refractivity contribution in [2.75, 3.05) is 13.2 Å². The smallest absolute Gasteiger partial charge is 0.378 e. The van der Waals surface area contributed by atoms with Gasteiger partial charge in [0.1, 0.15) is 11.3 Å². The summed E-state index contributed by atoms with van der Waals surface area (Å²) in [7, 11) is 0. The minimum absolute atomic E-state index is 0.0495. The van der Waals surface area contributed by atoms with Gasteiger partial charge < -0.3 is 19.1 Å².